The number of carbonyl (C=O) groups is 2. The summed E-state index contributed by atoms with van der Waals surface area (Å²) in [6.45, 7) is 7.34. The van der Waals surface area contributed by atoms with Crippen LogP contribution >= 0.6 is 0 Å². The number of amides is 1. The Hall–Kier alpha value is -6.28. The first-order valence-electron chi connectivity index (χ1n) is 19.9. The van der Waals surface area contributed by atoms with Crippen LogP contribution in [0.2, 0.25) is 0 Å². The third-order valence-electron chi connectivity index (χ3n) is 11.1. The normalized spacial score (nSPS) is 18.1. The molecule has 3 N–H and O–H groups in total. The maximum Gasteiger partial charge on any atom is 0.330 e. The van der Waals surface area contributed by atoms with E-state index in [0.717, 1.165) is 37.7 Å². The number of methoxy groups -OCH3 is 2. The quantitative estimate of drug-likeness (QED) is 0.118. The van der Waals surface area contributed by atoms with Crippen LogP contribution in [0, 0.1) is 11.3 Å². The summed E-state index contributed by atoms with van der Waals surface area (Å²) in [6, 6.07) is 32.3. The van der Waals surface area contributed by atoms with Crippen LogP contribution in [0.25, 0.3) is 10.9 Å². The Morgan fingerprint density at radius 3 is 2.00 bits per heavy atom. The third-order valence-corrected chi connectivity index (χ3v) is 11.1. The lowest BCUT2D eigenvalue weighted by atomic mass is 9.80. The van der Waals surface area contributed by atoms with Gasteiger partial charge >= 0.3 is 5.69 Å². The number of benzene rings is 4. The van der Waals surface area contributed by atoms with E-state index >= 15 is 0 Å². The van der Waals surface area contributed by atoms with Crippen LogP contribution in [0.1, 0.15) is 71.3 Å². The molecule has 0 bridgehead atoms. The molecule has 1 amide bonds. The Morgan fingerprint density at radius 1 is 0.817 bits per heavy atom. The van der Waals surface area contributed by atoms with E-state index in [4.69, 9.17) is 18.9 Å². The monoisotopic (exact) mass is 814 g/mol. The van der Waals surface area contributed by atoms with Gasteiger partial charge in [0, 0.05) is 35.7 Å². The van der Waals surface area contributed by atoms with Crippen molar-refractivity contribution in [3.63, 3.8) is 0 Å². The zero-order valence-electron chi connectivity index (χ0n) is 34.5. The van der Waals surface area contributed by atoms with Crippen LogP contribution < -0.4 is 26.0 Å². The molecule has 4 aromatic carbocycles. The predicted molar refractivity (Wildman–Crippen MR) is 227 cm³/mol. The van der Waals surface area contributed by atoms with Crippen LogP contribution in [0.4, 0.5) is 0 Å². The van der Waals surface area contributed by atoms with Gasteiger partial charge in [0.1, 0.15) is 35.0 Å². The molecule has 1 aliphatic heterocycles. The smallest absolute Gasteiger partial charge is 0.330 e. The summed E-state index contributed by atoms with van der Waals surface area (Å²) in [5.74, 6) is -0.0797. The molecular formula is C47H50N4O9. The minimum absolute atomic E-state index is 0.0601. The van der Waals surface area contributed by atoms with Gasteiger partial charge in [-0.2, -0.15) is 0 Å². The molecule has 1 unspecified atom stereocenters. The van der Waals surface area contributed by atoms with Crippen LogP contribution in [0.5, 0.6) is 11.5 Å². The van der Waals surface area contributed by atoms with Gasteiger partial charge in [0.05, 0.1) is 32.4 Å². The second-order valence-corrected chi connectivity index (χ2v) is 16.0. The highest BCUT2D eigenvalue weighted by atomic mass is 16.6. The zero-order chi connectivity index (χ0) is 42.8. The highest BCUT2D eigenvalue weighted by molar-refractivity contribution is 5.96. The minimum Gasteiger partial charge on any atom is -0.497 e. The van der Waals surface area contributed by atoms with Gasteiger partial charge in [-0.1, -0.05) is 100 Å². The van der Waals surface area contributed by atoms with Gasteiger partial charge in [-0.25, -0.2) is 4.79 Å². The van der Waals surface area contributed by atoms with E-state index in [2.05, 4.69) is 10.3 Å². The number of rotatable bonds is 13. The standard InChI is InChI=1S/C47H50N4O9/c1-29-40(52)39(28-59-47(31-12-8-7-9-13-31,32-16-20-34(57-5)21-17-32)33-18-22-35(58-6)23-19-33)60-43(29)51-27-37(42(54)49-45(51)56)41(53)48-25-24-30-26-50(44(55)46(2,3)4)38-15-11-10-14-36(30)38/h7-23,26-27,29,39-40,43,52H,24-25,28H2,1-6H3,(H,48,53)(H,49,54,56)/t29-,39+,40?,43+/m0/s1. The van der Waals surface area contributed by atoms with E-state index < -0.39 is 52.5 Å². The fourth-order valence-electron chi connectivity index (χ4n) is 7.85. The lowest BCUT2D eigenvalue weighted by Crippen LogP contribution is -2.39. The number of fused-ring (bicyclic) bond motifs is 1. The molecule has 312 valence electrons. The number of para-hydroxylation sites is 1. The molecule has 1 saturated heterocycles. The van der Waals surface area contributed by atoms with Crippen molar-refractivity contribution < 1.29 is 33.6 Å². The number of aromatic nitrogens is 3. The van der Waals surface area contributed by atoms with Gasteiger partial charge in [0.25, 0.3) is 11.5 Å². The summed E-state index contributed by atoms with van der Waals surface area (Å²) < 4.78 is 27.1. The fourth-order valence-corrected chi connectivity index (χ4v) is 7.85. The van der Waals surface area contributed by atoms with Crippen LogP contribution in [-0.2, 0) is 21.5 Å². The highest BCUT2D eigenvalue weighted by Gasteiger charge is 2.45. The number of hydrogen-bond acceptors (Lipinski definition) is 9. The maximum absolute atomic E-state index is 13.5. The molecule has 0 saturated carbocycles. The summed E-state index contributed by atoms with van der Waals surface area (Å²) >= 11 is 0. The Bertz CT molecular complexity index is 2540. The summed E-state index contributed by atoms with van der Waals surface area (Å²) in [6.07, 6.45) is 0.266. The molecule has 1 aliphatic rings. The van der Waals surface area contributed by atoms with Crippen molar-refractivity contribution in [3.05, 3.63) is 164 Å². The molecule has 0 radical (unpaired) electrons. The number of aromatic amines is 1. The van der Waals surface area contributed by atoms with Crippen molar-refractivity contribution in [2.75, 3.05) is 27.4 Å². The lowest BCUT2D eigenvalue weighted by Gasteiger charge is -2.37. The van der Waals surface area contributed by atoms with Crippen molar-refractivity contribution in [1.82, 2.24) is 19.4 Å². The summed E-state index contributed by atoms with van der Waals surface area (Å²) in [5.41, 5.74) is 0.248. The van der Waals surface area contributed by atoms with Crippen molar-refractivity contribution in [1.29, 1.82) is 0 Å². The van der Waals surface area contributed by atoms with E-state index in [9.17, 15) is 24.3 Å². The van der Waals surface area contributed by atoms with Crippen LogP contribution in [0.15, 0.2) is 125 Å². The number of nitrogens with zero attached hydrogens (tertiary/aromatic N) is 2. The molecule has 13 heteroatoms. The first-order valence-corrected chi connectivity index (χ1v) is 19.9. The van der Waals surface area contributed by atoms with Crippen molar-refractivity contribution in [2.45, 2.75) is 58.2 Å². The Balaban J connectivity index is 1.13. The van der Waals surface area contributed by atoms with Gasteiger partial charge < -0.3 is 29.4 Å². The van der Waals surface area contributed by atoms with E-state index in [0.29, 0.717) is 17.9 Å². The second kappa shape index (κ2) is 17.1. The number of ether oxygens (including phenoxy) is 4. The predicted octanol–water partition coefficient (Wildman–Crippen LogP) is 6.07. The third kappa shape index (κ3) is 8.03. The van der Waals surface area contributed by atoms with E-state index in [1.165, 1.54) is 6.20 Å². The number of H-pyrrole nitrogens is 1. The van der Waals surface area contributed by atoms with Gasteiger partial charge in [0.2, 0.25) is 5.91 Å². The van der Waals surface area contributed by atoms with E-state index in [1.54, 1.807) is 31.9 Å². The van der Waals surface area contributed by atoms with Gasteiger partial charge in [-0.05, 0) is 59.0 Å². The fraction of sp³-hybridized carbons (Fsp3) is 0.319. The molecule has 6 aromatic rings. The second-order valence-electron chi connectivity index (χ2n) is 16.0. The van der Waals surface area contributed by atoms with Crippen LogP contribution in [-0.4, -0.2) is 70.6 Å². The van der Waals surface area contributed by atoms with Gasteiger partial charge in [0.15, 0.2) is 0 Å². The Labute approximate surface area is 347 Å². The Morgan fingerprint density at radius 2 is 1.40 bits per heavy atom. The zero-order valence-corrected chi connectivity index (χ0v) is 34.5. The SMILES string of the molecule is COc1ccc(C(OC[C@H]2O[C@@H](n3cc(C(=O)NCCc4cn(C(=O)C(C)(C)C)c5ccccc45)c(=O)[nH]c3=O)[C@@H](C)C2O)(c2ccccc2)c2ccc(OC)cc2)cc1. The van der Waals surface area contributed by atoms with E-state index in [1.807, 2.05) is 124 Å². The van der Waals surface area contributed by atoms with E-state index in [-0.39, 0.29) is 24.6 Å². The summed E-state index contributed by atoms with van der Waals surface area (Å²) in [4.78, 5) is 55.3. The van der Waals surface area contributed by atoms with Crippen molar-refractivity contribution in [3.8, 4) is 11.5 Å². The lowest BCUT2D eigenvalue weighted by molar-refractivity contribution is -0.0948. The van der Waals surface area contributed by atoms with Crippen LogP contribution in [0.3, 0.4) is 0 Å². The molecule has 3 heterocycles. The topological polar surface area (TPSA) is 163 Å². The van der Waals surface area contributed by atoms with Crippen molar-refractivity contribution in [2.24, 2.45) is 11.3 Å². The average molecular weight is 815 g/mol. The largest absolute Gasteiger partial charge is 0.497 e. The summed E-state index contributed by atoms with van der Waals surface area (Å²) in [7, 11) is 3.19. The number of nitrogens with one attached hydrogen (secondary N) is 2. The molecule has 13 nitrogen and oxygen atoms in total. The number of carbonyl (C=O) groups excluding carboxylic acids is 2. The molecule has 7 rings (SSSR count). The molecular weight excluding hydrogens is 765 g/mol. The highest BCUT2D eigenvalue weighted by Crippen LogP contribution is 2.43. The van der Waals surface area contributed by atoms with Gasteiger partial charge in [-0.15, -0.1) is 0 Å². The Kier molecular flexibility index (Phi) is 12.0. The van der Waals surface area contributed by atoms with Crippen molar-refractivity contribution >= 4 is 22.7 Å². The molecule has 1 fully saturated rings. The number of hydrogen-bond donors (Lipinski definition) is 3. The summed E-state index contributed by atoms with van der Waals surface area (Å²) in [5, 5.41) is 15.3. The molecule has 0 aliphatic carbocycles. The molecule has 2 aromatic heterocycles. The molecule has 0 spiro atoms. The first-order chi connectivity index (χ1) is 28.8. The molecule has 4 atom stereocenters. The first kappa shape index (κ1) is 41.9. The average Bonchev–Trinajstić information content (AvgIpc) is 3.76. The number of aliphatic hydroxyl groups is 1. The maximum atomic E-state index is 13.5. The molecule has 60 heavy (non-hydrogen) atoms. The minimum atomic E-state index is -1.19. The number of aliphatic hydroxyl groups excluding tert-OH is 1. The van der Waals surface area contributed by atoms with Gasteiger partial charge in [-0.3, -0.25) is 28.5 Å².